The molecular weight excluding hydrogens is 284 g/mol. The number of nitrogens with one attached hydrogen (secondary N) is 1. The van der Waals surface area contributed by atoms with E-state index in [1.807, 2.05) is 25.2 Å². The SMILES string of the molecule is CNCc1ncc(-c2ccc(Br)cc2OC)o1. The second-order valence-corrected chi connectivity index (χ2v) is 4.41. The third-order valence-corrected chi connectivity index (χ3v) is 2.80. The van der Waals surface area contributed by atoms with E-state index in [4.69, 9.17) is 9.15 Å². The van der Waals surface area contributed by atoms with Gasteiger partial charge in [-0.1, -0.05) is 15.9 Å². The summed E-state index contributed by atoms with van der Waals surface area (Å²) in [6.45, 7) is 0.610. The molecule has 0 fully saturated rings. The number of nitrogens with zero attached hydrogens (tertiary/aromatic N) is 1. The standard InChI is InChI=1S/C12H13BrN2O2/c1-14-7-12-15-6-11(17-12)9-4-3-8(13)5-10(9)16-2/h3-6,14H,7H2,1-2H3. The summed E-state index contributed by atoms with van der Waals surface area (Å²) < 4.78 is 11.9. The molecule has 1 N–H and O–H groups in total. The van der Waals surface area contributed by atoms with Crippen molar-refractivity contribution in [1.29, 1.82) is 0 Å². The van der Waals surface area contributed by atoms with Crippen molar-refractivity contribution in [2.45, 2.75) is 6.54 Å². The van der Waals surface area contributed by atoms with Crippen molar-refractivity contribution in [1.82, 2.24) is 10.3 Å². The average Bonchev–Trinajstić information content (AvgIpc) is 2.78. The zero-order valence-electron chi connectivity index (χ0n) is 9.66. The van der Waals surface area contributed by atoms with E-state index in [-0.39, 0.29) is 0 Å². The van der Waals surface area contributed by atoms with E-state index in [1.165, 1.54) is 0 Å². The fourth-order valence-corrected chi connectivity index (χ4v) is 1.88. The van der Waals surface area contributed by atoms with Gasteiger partial charge < -0.3 is 14.5 Å². The quantitative estimate of drug-likeness (QED) is 0.942. The van der Waals surface area contributed by atoms with Crippen LogP contribution in [0.2, 0.25) is 0 Å². The Hall–Kier alpha value is -1.33. The van der Waals surface area contributed by atoms with Gasteiger partial charge >= 0.3 is 0 Å². The van der Waals surface area contributed by atoms with Crippen LogP contribution >= 0.6 is 15.9 Å². The second kappa shape index (κ2) is 5.33. The molecular formula is C12H13BrN2O2. The van der Waals surface area contributed by atoms with E-state index in [9.17, 15) is 0 Å². The molecule has 17 heavy (non-hydrogen) atoms. The highest BCUT2D eigenvalue weighted by molar-refractivity contribution is 9.10. The van der Waals surface area contributed by atoms with Gasteiger partial charge in [-0.25, -0.2) is 4.98 Å². The molecule has 2 aromatic rings. The molecule has 0 aliphatic rings. The van der Waals surface area contributed by atoms with E-state index < -0.39 is 0 Å². The molecule has 0 bridgehead atoms. The van der Waals surface area contributed by atoms with Gasteiger partial charge in [0, 0.05) is 4.47 Å². The van der Waals surface area contributed by atoms with E-state index in [0.717, 1.165) is 15.8 Å². The molecule has 0 aliphatic heterocycles. The monoisotopic (exact) mass is 296 g/mol. The van der Waals surface area contributed by atoms with Crippen molar-refractivity contribution >= 4 is 15.9 Å². The smallest absolute Gasteiger partial charge is 0.208 e. The summed E-state index contributed by atoms with van der Waals surface area (Å²) in [4.78, 5) is 4.18. The number of hydrogen-bond donors (Lipinski definition) is 1. The lowest BCUT2D eigenvalue weighted by molar-refractivity contribution is 0.413. The summed E-state index contributed by atoms with van der Waals surface area (Å²) in [5.41, 5.74) is 0.894. The van der Waals surface area contributed by atoms with E-state index in [2.05, 4.69) is 26.2 Å². The van der Waals surface area contributed by atoms with Crippen LogP contribution in [0.4, 0.5) is 0 Å². The van der Waals surface area contributed by atoms with Gasteiger partial charge in [-0.3, -0.25) is 0 Å². The lowest BCUT2D eigenvalue weighted by Gasteiger charge is -2.05. The Morgan fingerprint density at radius 3 is 3.00 bits per heavy atom. The summed E-state index contributed by atoms with van der Waals surface area (Å²) in [7, 11) is 3.49. The van der Waals surface area contributed by atoms with Crippen LogP contribution in [0, 0.1) is 0 Å². The maximum Gasteiger partial charge on any atom is 0.208 e. The molecule has 0 unspecified atom stereocenters. The van der Waals surface area contributed by atoms with Crippen molar-refractivity contribution in [3.05, 3.63) is 34.8 Å². The van der Waals surface area contributed by atoms with Gasteiger partial charge in [-0.15, -0.1) is 0 Å². The van der Waals surface area contributed by atoms with Crippen LogP contribution in [0.1, 0.15) is 5.89 Å². The topological polar surface area (TPSA) is 47.3 Å². The molecule has 0 saturated carbocycles. The zero-order chi connectivity index (χ0) is 12.3. The fraction of sp³-hybridized carbons (Fsp3) is 0.250. The molecule has 0 saturated heterocycles. The lowest BCUT2D eigenvalue weighted by atomic mass is 10.1. The van der Waals surface area contributed by atoms with Crippen LogP contribution in [0.3, 0.4) is 0 Å². The Morgan fingerprint density at radius 1 is 1.47 bits per heavy atom. The van der Waals surface area contributed by atoms with Gasteiger partial charge in [0.15, 0.2) is 5.76 Å². The number of benzene rings is 1. The number of methoxy groups -OCH3 is 1. The molecule has 1 heterocycles. The third-order valence-electron chi connectivity index (χ3n) is 2.31. The van der Waals surface area contributed by atoms with Crippen LogP contribution in [-0.2, 0) is 6.54 Å². The molecule has 0 atom stereocenters. The summed E-state index contributed by atoms with van der Waals surface area (Å²) in [5, 5.41) is 2.99. The number of rotatable bonds is 4. The number of hydrogen-bond acceptors (Lipinski definition) is 4. The summed E-state index contributed by atoms with van der Waals surface area (Å²) >= 11 is 3.40. The highest BCUT2D eigenvalue weighted by Gasteiger charge is 2.11. The van der Waals surface area contributed by atoms with E-state index >= 15 is 0 Å². The first-order chi connectivity index (χ1) is 8.24. The van der Waals surface area contributed by atoms with Crippen LogP contribution in [0.5, 0.6) is 5.75 Å². The maximum absolute atomic E-state index is 5.62. The number of oxazole rings is 1. The number of ether oxygens (including phenoxy) is 1. The Bertz CT molecular complexity index is 511. The van der Waals surface area contributed by atoms with Gasteiger partial charge in [0.2, 0.25) is 5.89 Å². The fourth-order valence-electron chi connectivity index (χ4n) is 1.54. The average molecular weight is 297 g/mol. The minimum atomic E-state index is 0.610. The predicted octanol–water partition coefficient (Wildman–Crippen LogP) is 2.83. The highest BCUT2D eigenvalue weighted by atomic mass is 79.9. The molecule has 0 amide bonds. The molecule has 5 heteroatoms. The normalized spacial score (nSPS) is 10.5. The first-order valence-corrected chi connectivity index (χ1v) is 5.97. The largest absolute Gasteiger partial charge is 0.496 e. The van der Waals surface area contributed by atoms with Crippen LogP contribution in [0.25, 0.3) is 11.3 Å². The molecule has 0 spiro atoms. The minimum Gasteiger partial charge on any atom is -0.496 e. The van der Waals surface area contributed by atoms with Crippen LogP contribution < -0.4 is 10.1 Å². The molecule has 1 aromatic carbocycles. The summed E-state index contributed by atoms with van der Waals surface area (Å²) in [6, 6.07) is 5.78. The summed E-state index contributed by atoms with van der Waals surface area (Å²) in [6.07, 6.45) is 1.71. The van der Waals surface area contributed by atoms with Gasteiger partial charge in [0.1, 0.15) is 5.75 Å². The Balaban J connectivity index is 2.37. The van der Waals surface area contributed by atoms with Crippen molar-refractivity contribution in [3.8, 4) is 17.1 Å². The Kier molecular flexibility index (Phi) is 3.81. The third kappa shape index (κ3) is 2.68. The second-order valence-electron chi connectivity index (χ2n) is 3.49. The van der Waals surface area contributed by atoms with Crippen molar-refractivity contribution in [3.63, 3.8) is 0 Å². The lowest BCUT2D eigenvalue weighted by Crippen LogP contribution is -2.04. The van der Waals surface area contributed by atoms with Gasteiger partial charge in [-0.2, -0.15) is 0 Å². The zero-order valence-corrected chi connectivity index (χ0v) is 11.2. The van der Waals surface area contributed by atoms with Crippen LogP contribution in [-0.4, -0.2) is 19.1 Å². The number of aromatic nitrogens is 1. The van der Waals surface area contributed by atoms with Crippen molar-refractivity contribution in [2.24, 2.45) is 0 Å². The molecule has 2 rings (SSSR count). The first kappa shape index (κ1) is 12.1. The van der Waals surface area contributed by atoms with Crippen molar-refractivity contribution in [2.75, 3.05) is 14.2 Å². The molecule has 0 radical (unpaired) electrons. The highest BCUT2D eigenvalue weighted by Crippen LogP contribution is 2.32. The van der Waals surface area contributed by atoms with Crippen LogP contribution in [0.15, 0.2) is 33.3 Å². The van der Waals surface area contributed by atoms with Crippen molar-refractivity contribution < 1.29 is 9.15 Å². The molecule has 1 aromatic heterocycles. The Labute approximate surface area is 108 Å². The number of halogens is 1. The predicted molar refractivity (Wildman–Crippen MR) is 69.0 cm³/mol. The molecule has 0 aliphatic carbocycles. The first-order valence-electron chi connectivity index (χ1n) is 5.18. The van der Waals surface area contributed by atoms with E-state index in [1.54, 1.807) is 13.3 Å². The molecule has 4 nitrogen and oxygen atoms in total. The Morgan fingerprint density at radius 2 is 2.29 bits per heavy atom. The molecule has 90 valence electrons. The van der Waals surface area contributed by atoms with E-state index in [0.29, 0.717) is 18.2 Å². The van der Waals surface area contributed by atoms with Gasteiger partial charge in [-0.05, 0) is 25.2 Å². The van der Waals surface area contributed by atoms with Gasteiger partial charge in [0.25, 0.3) is 0 Å². The minimum absolute atomic E-state index is 0.610. The maximum atomic E-state index is 5.62. The van der Waals surface area contributed by atoms with Gasteiger partial charge in [0.05, 0.1) is 25.4 Å². The summed E-state index contributed by atoms with van der Waals surface area (Å²) in [5.74, 6) is 2.12.